The van der Waals surface area contributed by atoms with Crippen molar-refractivity contribution in [2.45, 2.75) is 38.6 Å². The molecule has 2 aliphatic heterocycles. The van der Waals surface area contributed by atoms with Crippen molar-refractivity contribution in [2.75, 3.05) is 21.9 Å². The highest BCUT2D eigenvalue weighted by Gasteiger charge is 2.28. The molecule has 0 bridgehead atoms. The number of rotatable bonds is 4. The van der Waals surface area contributed by atoms with E-state index in [-0.39, 0.29) is 11.4 Å². The Morgan fingerprint density at radius 1 is 0.970 bits per heavy atom. The van der Waals surface area contributed by atoms with Crippen LogP contribution in [0.15, 0.2) is 42.5 Å². The fraction of sp³-hybridized carbons (Fsp3) is 0.348. The number of carbonyl (C=O) groups excluding carboxylic acids is 1. The third-order valence-electron chi connectivity index (χ3n) is 6.10. The first-order valence-corrected chi connectivity index (χ1v) is 12.7. The second-order valence-electron chi connectivity index (χ2n) is 8.34. The lowest BCUT2D eigenvalue weighted by atomic mass is 10.1. The SMILES string of the molecule is O=C(Nc1cc(-c2nnc3n2CCCCC3)ccc1F)c1ccc(N2CCCS2(=O)=O)cc1. The number of aromatic nitrogens is 3. The predicted octanol–water partition coefficient (Wildman–Crippen LogP) is 3.60. The molecule has 1 N–H and O–H groups in total. The average Bonchev–Trinajstić information content (AvgIpc) is 3.29. The lowest BCUT2D eigenvalue weighted by molar-refractivity contribution is 0.102. The molecule has 0 spiro atoms. The molecule has 2 aliphatic rings. The molecule has 33 heavy (non-hydrogen) atoms. The minimum Gasteiger partial charge on any atom is -0.319 e. The molecule has 0 unspecified atom stereocenters. The Kier molecular flexibility index (Phi) is 5.61. The van der Waals surface area contributed by atoms with Crippen molar-refractivity contribution in [1.29, 1.82) is 0 Å². The van der Waals surface area contributed by atoms with Gasteiger partial charge in [0.15, 0.2) is 5.82 Å². The number of hydrogen-bond donors (Lipinski definition) is 1. The van der Waals surface area contributed by atoms with Crippen LogP contribution < -0.4 is 9.62 Å². The predicted molar refractivity (Wildman–Crippen MR) is 123 cm³/mol. The van der Waals surface area contributed by atoms with E-state index in [9.17, 15) is 17.6 Å². The average molecular weight is 470 g/mol. The molecule has 1 aromatic heterocycles. The van der Waals surface area contributed by atoms with Gasteiger partial charge in [-0.15, -0.1) is 10.2 Å². The fourth-order valence-electron chi connectivity index (χ4n) is 4.36. The van der Waals surface area contributed by atoms with Gasteiger partial charge in [0.25, 0.3) is 5.91 Å². The third kappa shape index (κ3) is 4.22. The van der Waals surface area contributed by atoms with Crippen molar-refractivity contribution < 1.29 is 17.6 Å². The lowest BCUT2D eigenvalue weighted by Crippen LogP contribution is -2.25. The molecule has 1 fully saturated rings. The van der Waals surface area contributed by atoms with Crippen LogP contribution in [0.4, 0.5) is 15.8 Å². The zero-order valence-corrected chi connectivity index (χ0v) is 18.8. The highest BCUT2D eigenvalue weighted by atomic mass is 32.2. The quantitative estimate of drug-likeness (QED) is 0.630. The van der Waals surface area contributed by atoms with Crippen molar-refractivity contribution in [2.24, 2.45) is 0 Å². The van der Waals surface area contributed by atoms with Crippen LogP contribution in [-0.4, -0.2) is 41.4 Å². The molecule has 0 atom stereocenters. The molecule has 172 valence electrons. The van der Waals surface area contributed by atoms with E-state index in [4.69, 9.17) is 0 Å². The van der Waals surface area contributed by atoms with Crippen LogP contribution in [-0.2, 0) is 23.0 Å². The molecule has 1 amide bonds. The number of halogens is 1. The summed E-state index contributed by atoms with van der Waals surface area (Å²) >= 11 is 0. The second kappa shape index (κ2) is 8.58. The molecule has 2 aromatic carbocycles. The molecule has 0 saturated carbocycles. The Hall–Kier alpha value is -3.27. The highest BCUT2D eigenvalue weighted by Crippen LogP contribution is 2.28. The summed E-state index contributed by atoms with van der Waals surface area (Å²) < 4.78 is 42.1. The Morgan fingerprint density at radius 3 is 2.55 bits per heavy atom. The van der Waals surface area contributed by atoms with Crippen LogP contribution in [0.3, 0.4) is 0 Å². The molecular formula is C23H24FN5O3S. The number of sulfonamides is 1. The summed E-state index contributed by atoms with van der Waals surface area (Å²) in [6.45, 7) is 1.24. The normalized spacial score (nSPS) is 17.4. The van der Waals surface area contributed by atoms with Gasteiger partial charge in [0.1, 0.15) is 11.6 Å². The van der Waals surface area contributed by atoms with Crippen LogP contribution >= 0.6 is 0 Å². The van der Waals surface area contributed by atoms with Gasteiger partial charge in [-0.2, -0.15) is 0 Å². The summed E-state index contributed by atoms with van der Waals surface area (Å²) in [5.74, 6) is 0.681. The Morgan fingerprint density at radius 2 is 1.79 bits per heavy atom. The number of nitrogens with zero attached hydrogens (tertiary/aromatic N) is 4. The van der Waals surface area contributed by atoms with E-state index in [1.165, 1.54) is 10.4 Å². The van der Waals surface area contributed by atoms with E-state index in [1.807, 2.05) is 0 Å². The van der Waals surface area contributed by atoms with E-state index in [0.717, 1.165) is 38.1 Å². The lowest BCUT2D eigenvalue weighted by Gasteiger charge is -2.17. The molecule has 8 nitrogen and oxygen atoms in total. The summed E-state index contributed by atoms with van der Waals surface area (Å²) in [7, 11) is -3.29. The molecular weight excluding hydrogens is 445 g/mol. The molecule has 0 radical (unpaired) electrons. The topological polar surface area (TPSA) is 97.2 Å². The summed E-state index contributed by atoms with van der Waals surface area (Å²) in [5.41, 5.74) is 1.55. The number of fused-ring (bicyclic) bond motifs is 1. The summed E-state index contributed by atoms with van der Waals surface area (Å²) in [4.78, 5) is 12.8. The minimum atomic E-state index is -3.29. The van der Waals surface area contributed by atoms with E-state index in [0.29, 0.717) is 35.6 Å². The second-order valence-corrected chi connectivity index (χ2v) is 10.4. The maximum absolute atomic E-state index is 14.5. The van der Waals surface area contributed by atoms with Gasteiger partial charge in [0, 0.05) is 30.6 Å². The Balaban J connectivity index is 1.37. The standard InChI is InChI=1S/C23H24FN5O3S/c24-19-11-8-17(22-27-26-21-5-2-1-3-12-28(21)22)15-20(19)25-23(30)16-6-9-18(10-7-16)29-13-4-14-33(29,31)32/h6-11,15H,1-5,12-14H2,(H,25,30). The van der Waals surface area contributed by atoms with E-state index < -0.39 is 21.7 Å². The molecule has 5 rings (SSSR count). The first kappa shape index (κ1) is 21.6. The number of benzene rings is 2. The molecule has 0 aliphatic carbocycles. The maximum Gasteiger partial charge on any atom is 0.255 e. The fourth-order valence-corrected chi connectivity index (χ4v) is 5.93. The monoisotopic (exact) mass is 469 g/mol. The summed E-state index contributed by atoms with van der Waals surface area (Å²) in [6, 6.07) is 10.8. The van der Waals surface area contributed by atoms with Gasteiger partial charge in [0.2, 0.25) is 10.0 Å². The molecule has 10 heteroatoms. The minimum absolute atomic E-state index is 0.0506. The van der Waals surface area contributed by atoms with Gasteiger partial charge in [-0.1, -0.05) is 6.42 Å². The molecule has 3 heterocycles. The zero-order chi connectivity index (χ0) is 23.0. The van der Waals surface area contributed by atoms with E-state index >= 15 is 0 Å². The Labute approximate surface area is 191 Å². The van der Waals surface area contributed by atoms with E-state index in [1.54, 1.807) is 36.4 Å². The molecule has 3 aromatic rings. The van der Waals surface area contributed by atoms with Gasteiger partial charge < -0.3 is 9.88 Å². The van der Waals surface area contributed by atoms with Crippen molar-refractivity contribution in [3.63, 3.8) is 0 Å². The van der Waals surface area contributed by atoms with Crippen molar-refractivity contribution >= 4 is 27.3 Å². The Bertz CT molecular complexity index is 1300. The van der Waals surface area contributed by atoms with Crippen molar-refractivity contribution in [3.8, 4) is 11.4 Å². The number of nitrogens with one attached hydrogen (secondary N) is 1. The number of aryl methyl sites for hydroxylation is 1. The van der Waals surface area contributed by atoms with Crippen LogP contribution in [0.25, 0.3) is 11.4 Å². The highest BCUT2D eigenvalue weighted by molar-refractivity contribution is 7.93. The first-order chi connectivity index (χ1) is 15.9. The van der Waals surface area contributed by atoms with Gasteiger partial charge in [-0.3, -0.25) is 9.10 Å². The largest absolute Gasteiger partial charge is 0.319 e. The van der Waals surface area contributed by atoms with Crippen molar-refractivity contribution in [3.05, 3.63) is 59.7 Å². The van der Waals surface area contributed by atoms with Gasteiger partial charge in [-0.05, 0) is 61.7 Å². The first-order valence-electron chi connectivity index (χ1n) is 11.1. The number of amides is 1. The van der Waals surface area contributed by atoms with Gasteiger partial charge in [0.05, 0.1) is 17.1 Å². The van der Waals surface area contributed by atoms with Crippen molar-refractivity contribution in [1.82, 2.24) is 14.8 Å². The maximum atomic E-state index is 14.5. The summed E-state index contributed by atoms with van der Waals surface area (Å²) in [5, 5.41) is 11.2. The number of carbonyl (C=O) groups is 1. The van der Waals surface area contributed by atoms with Gasteiger partial charge in [-0.25, -0.2) is 12.8 Å². The van der Waals surface area contributed by atoms with Crippen LogP contribution in [0.5, 0.6) is 0 Å². The summed E-state index contributed by atoms with van der Waals surface area (Å²) in [6.07, 6.45) is 4.70. The van der Waals surface area contributed by atoms with Crippen LogP contribution in [0, 0.1) is 5.82 Å². The smallest absolute Gasteiger partial charge is 0.255 e. The number of hydrogen-bond acceptors (Lipinski definition) is 5. The van der Waals surface area contributed by atoms with Gasteiger partial charge >= 0.3 is 0 Å². The third-order valence-corrected chi connectivity index (χ3v) is 7.97. The molecule has 1 saturated heterocycles. The van der Waals surface area contributed by atoms with Crippen LogP contribution in [0.2, 0.25) is 0 Å². The number of anilines is 2. The van der Waals surface area contributed by atoms with Crippen LogP contribution in [0.1, 0.15) is 41.9 Å². The zero-order valence-electron chi connectivity index (χ0n) is 18.0. The van der Waals surface area contributed by atoms with E-state index in [2.05, 4.69) is 20.1 Å².